The van der Waals surface area contributed by atoms with Gasteiger partial charge < -0.3 is 19.5 Å². The standard InChI is InChI=1S/C24H20BrN5O3/c1-2-23(32)29-12-16(13-29)27-20(31)14-30-19-8-6-15(25)11-18(19)17-7-9-22(28-24(17)30)33-21-5-3-4-10-26-21/h2-11,16H,1,12-14H2,(H,27,31). The first kappa shape index (κ1) is 21.1. The molecule has 1 saturated heterocycles. The van der Waals surface area contributed by atoms with Gasteiger partial charge in [-0.05, 0) is 36.4 Å². The number of hydrogen-bond acceptors (Lipinski definition) is 5. The number of pyridine rings is 2. The second kappa shape index (κ2) is 8.67. The first-order chi connectivity index (χ1) is 16.0. The van der Waals surface area contributed by atoms with Crippen molar-refractivity contribution in [3.05, 3.63) is 71.9 Å². The van der Waals surface area contributed by atoms with Crippen LogP contribution < -0.4 is 10.1 Å². The number of aromatic nitrogens is 3. The van der Waals surface area contributed by atoms with Gasteiger partial charge in [0.05, 0.1) is 11.6 Å². The summed E-state index contributed by atoms with van der Waals surface area (Å²) in [5, 5.41) is 4.89. The number of rotatable bonds is 6. The molecule has 4 heterocycles. The molecule has 0 aliphatic carbocycles. The lowest BCUT2D eigenvalue weighted by atomic mass is 10.1. The molecule has 0 spiro atoms. The van der Waals surface area contributed by atoms with Gasteiger partial charge in [-0.3, -0.25) is 9.59 Å². The first-order valence-electron chi connectivity index (χ1n) is 10.4. The third kappa shape index (κ3) is 4.19. The minimum absolute atomic E-state index is 0.0698. The minimum Gasteiger partial charge on any atom is -0.421 e. The molecule has 0 saturated carbocycles. The van der Waals surface area contributed by atoms with Gasteiger partial charge in [0.15, 0.2) is 0 Å². The summed E-state index contributed by atoms with van der Waals surface area (Å²) >= 11 is 3.53. The summed E-state index contributed by atoms with van der Waals surface area (Å²) in [7, 11) is 0. The van der Waals surface area contributed by atoms with Gasteiger partial charge in [0.1, 0.15) is 12.2 Å². The van der Waals surface area contributed by atoms with E-state index in [1.807, 2.05) is 41.0 Å². The van der Waals surface area contributed by atoms with Gasteiger partial charge in [-0.15, -0.1) is 0 Å². The molecule has 5 rings (SSSR count). The number of fused-ring (bicyclic) bond motifs is 3. The number of halogens is 1. The maximum absolute atomic E-state index is 12.9. The molecular formula is C24H20BrN5O3. The Labute approximate surface area is 198 Å². The molecule has 1 aliphatic heterocycles. The Morgan fingerprint density at radius 1 is 1.15 bits per heavy atom. The van der Waals surface area contributed by atoms with Crippen LogP contribution in [0.2, 0.25) is 0 Å². The summed E-state index contributed by atoms with van der Waals surface area (Å²) in [5.41, 5.74) is 1.53. The van der Waals surface area contributed by atoms with Crippen LogP contribution in [-0.2, 0) is 16.1 Å². The van der Waals surface area contributed by atoms with Crippen LogP contribution in [0.1, 0.15) is 0 Å². The van der Waals surface area contributed by atoms with Gasteiger partial charge in [0, 0.05) is 46.7 Å². The number of carbonyl (C=O) groups is 2. The lowest BCUT2D eigenvalue weighted by molar-refractivity contribution is -0.133. The minimum atomic E-state index is -0.148. The normalized spacial score (nSPS) is 13.7. The van der Waals surface area contributed by atoms with Crippen LogP contribution in [-0.4, -0.2) is 50.4 Å². The number of benzene rings is 1. The van der Waals surface area contributed by atoms with Gasteiger partial charge >= 0.3 is 0 Å². The highest BCUT2D eigenvalue weighted by Gasteiger charge is 2.30. The van der Waals surface area contributed by atoms with E-state index in [1.165, 1.54) is 6.08 Å². The molecule has 3 aromatic heterocycles. The molecule has 8 nitrogen and oxygen atoms in total. The zero-order valence-electron chi connectivity index (χ0n) is 17.6. The summed E-state index contributed by atoms with van der Waals surface area (Å²) in [6, 6.07) is 15.0. The van der Waals surface area contributed by atoms with E-state index in [9.17, 15) is 9.59 Å². The molecule has 1 aromatic carbocycles. The van der Waals surface area contributed by atoms with Crippen molar-refractivity contribution in [3.8, 4) is 11.8 Å². The van der Waals surface area contributed by atoms with Crippen molar-refractivity contribution < 1.29 is 14.3 Å². The quantitative estimate of drug-likeness (QED) is 0.404. The Balaban J connectivity index is 1.44. The van der Waals surface area contributed by atoms with Gasteiger partial charge in [-0.1, -0.05) is 28.6 Å². The highest BCUT2D eigenvalue weighted by Crippen LogP contribution is 2.32. The molecule has 0 atom stereocenters. The number of hydrogen-bond donors (Lipinski definition) is 1. The third-order valence-electron chi connectivity index (χ3n) is 5.53. The Morgan fingerprint density at radius 3 is 2.76 bits per heavy atom. The van der Waals surface area contributed by atoms with Crippen molar-refractivity contribution in [1.29, 1.82) is 0 Å². The average molecular weight is 506 g/mol. The smallest absolute Gasteiger partial charge is 0.246 e. The second-order valence-corrected chi connectivity index (χ2v) is 8.67. The molecule has 0 bridgehead atoms. The zero-order valence-corrected chi connectivity index (χ0v) is 19.2. The topological polar surface area (TPSA) is 89.4 Å². The van der Waals surface area contributed by atoms with Crippen molar-refractivity contribution >= 4 is 49.7 Å². The van der Waals surface area contributed by atoms with Crippen LogP contribution in [0.3, 0.4) is 0 Å². The van der Waals surface area contributed by atoms with Crippen molar-refractivity contribution in [1.82, 2.24) is 24.8 Å². The molecule has 4 aromatic rings. The number of likely N-dealkylation sites (tertiary alicyclic amines) is 1. The fourth-order valence-corrected chi connectivity index (χ4v) is 4.31. The Hall–Kier alpha value is -3.72. The fourth-order valence-electron chi connectivity index (χ4n) is 3.95. The SMILES string of the molecule is C=CC(=O)N1CC(NC(=O)Cn2c3ccc(Br)cc3c3ccc(Oc4ccccn4)nc32)C1. The molecule has 2 amide bonds. The van der Waals surface area contributed by atoms with E-state index in [-0.39, 0.29) is 24.4 Å². The largest absolute Gasteiger partial charge is 0.421 e. The molecule has 166 valence electrons. The number of carbonyl (C=O) groups excluding carboxylic acids is 2. The molecule has 33 heavy (non-hydrogen) atoms. The fraction of sp³-hybridized carbons (Fsp3) is 0.167. The summed E-state index contributed by atoms with van der Waals surface area (Å²) in [4.78, 5) is 35.0. The monoisotopic (exact) mass is 505 g/mol. The van der Waals surface area contributed by atoms with E-state index >= 15 is 0 Å². The summed E-state index contributed by atoms with van der Waals surface area (Å²) in [5.74, 6) is 0.557. The molecule has 1 fully saturated rings. The molecule has 1 N–H and O–H groups in total. The molecule has 0 unspecified atom stereocenters. The van der Waals surface area contributed by atoms with E-state index in [0.29, 0.717) is 30.5 Å². The van der Waals surface area contributed by atoms with E-state index in [0.717, 1.165) is 20.8 Å². The van der Waals surface area contributed by atoms with Crippen molar-refractivity contribution in [3.63, 3.8) is 0 Å². The van der Waals surface area contributed by atoms with Crippen molar-refractivity contribution in [2.45, 2.75) is 12.6 Å². The Morgan fingerprint density at radius 2 is 2.00 bits per heavy atom. The van der Waals surface area contributed by atoms with Crippen molar-refractivity contribution in [2.24, 2.45) is 0 Å². The van der Waals surface area contributed by atoms with E-state index in [1.54, 1.807) is 23.2 Å². The van der Waals surface area contributed by atoms with Gasteiger partial charge in [-0.25, -0.2) is 4.98 Å². The number of ether oxygens (including phenoxy) is 1. The number of nitrogens with zero attached hydrogens (tertiary/aromatic N) is 4. The van der Waals surface area contributed by atoms with Crippen LogP contribution in [0.5, 0.6) is 11.8 Å². The second-order valence-electron chi connectivity index (χ2n) is 7.75. The van der Waals surface area contributed by atoms with Crippen LogP contribution >= 0.6 is 15.9 Å². The number of nitrogens with one attached hydrogen (secondary N) is 1. The lowest BCUT2D eigenvalue weighted by Gasteiger charge is -2.38. The van der Waals surface area contributed by atoms with Crippen LogP contribution in [0, 0.1) is 0 Å². The van der Waals surface area contributed by atoms with E-state index in [2.05, 4.69) is 32.8 Å². The van der Waals surface area contributed by atoms with E-state index in [4.69, 9.17) is 9.72 Å². The van der Waals surface area contributed by atoms with Crippen LogP contribution in [0.4, 0.5) is 0 Å². The van der Waals surface area contributed by atoms with Gasteiger partial charge in [-0.2, -0.15) is 4.98 Å². The summed E-state index contributed by atoms with van der Waals surface area (Å²) in [6.45, 7) is 4.55. The molecule has 1 aliphatic rings. The highest BCUT2D eigenvalue weighted by atomic mass is 79.9. The number of amides is 2. The highest BCUT2D eigenvalue weighted by molar-refractivity contribution is 9.10. The first-order valence-corrected chi connectivity index (χ1v) is 11.2. The van der Waals surface area contributed by atoms with Crippen LogP contribution in [0.15, 0.2) is 71.9 Å². The maximum Gasteiger partial charge on any atom is 0.246 e. The average Bonchev–Trinajstić information content (AvgIpc) is 3.08. The molecule has 9 heteroatoms. The third-order valence-corrected chi connectivity index (χ3v) is 6.02. The van der Waals surface area contributed by atoms with Gasteiger partial charge in [0.2, 0.25) is 23.6 Å². The predicted molar refractivity (Wildman–Crippen MR) is 128 cm³/mol. The maximum atomic E-state index is 12.9. The lowest BCUT2D eigenvalue weighted by Crippen LogP contribution is -2.61. The molecule has 0 radical (unpaired) electrons. The predicted octanol–water partition coefficient (Wildman–Crippen LogP) is 3.65. The van der Waals surface area contributed by atoms with E-state index < -0.39 is 0 Å². The summed E-state index contributed by atoms with van der Waals surface area (Å²) in [6.07, 6.45) is 2.93. The van der Waals surface area contributed by atoms with Gasteiger partial charge in [0.25, 0.3) is 0 Å². The Kier molecular flexibility index (Phi) is 5.55. The van der Waals surface area contributed by atoms with Crippen molar-refractivity contribution in [2.75, 3.05) is 13.1 Å². The summed E-state index contributed by atoms with van der Waals surface area (Å²) < 4.78 is 8.63. The van der Waals surface area contributed by atoms with Crippen LogP contribution in [0.25, 0.3) is 21.9 Å². The molecular weight excluding hydrogens is 486 g/mol. The Bertz CT molecular complexity index is 1380. The zero-order chi connectivity index (χ0) is 22.9.